The highest BCUT2D eigenvalue weighted by Gasteiger charge is 2.23. The minimum atomic E-state index is -3.74. The van der Waals surface area contributed by atoms with Gasteiger partial charge in [0.05, 0.1) is 4.90 Å². The Balaban J connectivity index is 1.80. The molecule has 0 heterocycles. The Morgan fingerprint density at radius 1 is 1.12 bits per heavy atom. The third-order valence-electron chi connectivity index (χ3n) is 3.49. The summed E-state index contributed by atoms with van der Waals surface area (Å²) in [5, 5.41) is 0.544. The summed E-state index contributed by atoms with van der Waals surface area (Å²) >= 11 is 5.84. The van der Waals surface area contributed by atoms with E-state index in [2.05, 4.69) is 0 Å². The van der Waals surface area contributed by atoms with Crippen LogP contribution in [0.25, 0.3) is 0 Å². The summed E-state index contributed by atoms with van der Waals surface area (Å²) in [5.74, 6) is -0.0921. The van der Waals surface area contributed by atoms with Crippen LogP contribution in [0.3, 0.4) is 0 Å². The number of nitrogens with zero attached hydrogens (tertiary/aromatic N) is 1. The molecule has 0 aromatic heterocycles. The SMILES string of the molecule is Cc1ccc(S(=O)(=O)N(C)CC(=O)OCCOc2cccc(Cl)c2)cc1. The summed E-state index contributed by atoms with van der Waals surface area (Å²) in [6, 6.07) is 13.3. The number of halogens is 1. The van der Waals surface area contributed by atoms with Crippen LogP contribution in [0.5, 0.6) is 5.75 Å². The van der Waals surface area contributed by atoms with Crippen molar-refractivity contribution in [2.24, 2.45) is 0 Å². The van der Waals surface area contributed by atoms with Gasteiger partial charge in [-0.3, -0.25) is 4.79 Å². The van der Waals surface area contributed by atoms with Crippen LogP contribution >= 0.6 is 11.6 Å². The second kappa shape index (κ2) is 9.02. The third kappa shape index (κ3) is 5.72. The molecule has 26 heavy (non-hydrogen) atoms. The zero-order valence-electron chi connectivity index (χ0n) is 14.5. The Hall–Kier alpha value is -2.09. The van der Waals surface area contributed by atoms with Gasteiger partial charge in [0.1, 0.15) is 25.5 Å². The van der Waals surface area contributed by atoms with Crippen LogP contribution in [0, 0.1) is 6.92 Å². The number of hydrogen-bond acceptors (Lipinski definition) is 5. The quantitative estimate of drug-likeness (QED) is 0.506. The van der Waals surface area contributed by atoms with Crippen molar-refractivity contribution < 1.29 is 22.7 Å². The molecule has 140 valence electrons. The predicted molar refractivity (Wildman–Crippen MR) is 98.9 cm³/mol. The normalized spacial score (nSPS) is 11.4. The van der Waals surface area contributed by atoms with Gasteiger partial charge in [0.2, 0.25) is 10.0 Å². The summed E-state index contributed by atoms with van der Waals surface area (Å²) in [6.07, 6.45) is 0. The molecular formula is C18H20ClNO5S. The number of hydrogen-bond donors (Lipinski definition) is 0. The van der Waals surface area contributed by atoms with E-state index < -0.39 is 16.0 Å². The Kier molecular flexibility index (Phi) is 7.02. The Bertz CT molecular complexity index is 852. The maximum atomic E-state index is 12.4. The van der Waals surface area contributed by atoms with E-state index in [9.17, 15) is 13.2 Å². The lowest BCUT2D eigenvalue weighted by molar-refractivity contribution is -0.144. The van der Waals surface area contributed by atoms with Crippen molar-refractivity contribution in [3.05, 3.63) is 59.1 Å². The van der Waals surface area contributed by atoms with Gasteiger partial charge in [0, 0.05) is 12.1 Å². The van der Waals surface area contributed by atoms with Crippen molar-refractivity contribution in [2.75, 3.05) is 26.8 Å². The first-order valence-corrected chi connectivity index (χ1v) is 9.68. The molecule has 2 aromatic rings. The van der Waals surface area contributed by atoms with E-state index in [1.807, 2.05) is 6.92 Å². The smallest absolute Gasteiger partial charge is 0.321 e. The average molecular weight is 398 g/mol. The molecule has 0 saturated carbocycles. The van der Waals surface area contributed by atoms with Crippen LogP contribution in [-0.4, -0.2) is 45.5 Å². The molecule has 8 heteroatoms. The molecule has 0 amide bonds. The van der Waals surface area contributed by atoms with E-state index in [4.69, 9.17) is 21.1 Å². The number of sulfonamides is 1. The van der Waals surface area contributed by atoms with Crippen LogP contribution in [-0.2, 0) is 19.6 Å². The molecule has 0 spiro atoms. The van der Waals surface area contributed by atoms with Gasteiger partial charge in [-0.15, -0.1) is 0 Å². The van der Waals surface area contributed by atoms with Gasteiger partial charge in [-0.2, -0.15) is 4.31 Å². The van der Waals surface area contributed by atoms with E-state index in [1.54, 1.807) is 36.4 Å². The molecule has 0 atom stereocenters. The van der Waals surface area contributed by atoms with Gasteiger partial charge in [-0.25, -0.2) is 8.42 Å². The van der Waals surface area contributed by atoms with E-state index in [0.29, 0.717) is 10.8 Å². The molecule has 0 aliphatic heterocycles. The molecule has 0 bridgehead atoms. The molecule has 6 nitrogen and oxygen atoms in total. The number of aryl methyl sites for hydroxylation is 1. The molecule has 0 saturated heterocycles. The first-order chi connectivity index (χ1) is 12.3. The van der Waals surface area contributed by atoms with E-state index >= 15 is 0 Å². The van der Waals surface area contributed by atoms with Gasteiger partial charge in [0.25, 0.3) is 0 Å². The monoisotopic (exact) mass is 397 g/mol. The first kappa shape index (κ1) is 20.2. The van der Waals surface area contributed by atoms with E-state index in [0.717, 1.165) is 9.87 Å². The fraction of sp³-hybridized carbons (Fsp3) is 0.278. The minimum absolute atomic E-state index is 0.00374. The van der Waals surface area contributed by atoms with Gasteiger partial charge in [-0.1, -0.05) is 35.4 Å². The Morgan fingerprint density at radius 3 is 2.46 bits per heavy atom. The molecule has 0 aliphatic rings. The number of benzene rings is 2. The largest absolute Gasteiger partial charge is 0.490 e. The molecule has 0 N–H and O–H groups in total. The first-order valence-electron chi connectivity index (χ1n) is 7.86. The van der Waals surface area contributed by atoms with Crippen LogP contribution in [0.1, 0.15) is 5.56 Å². The van der Waals surface area contributed by atoms with Crippen LogP contribution in [0.15, 0.2) is 53.4 Å². The Labute approximate surface area is 158 Å². The maximum Gasteiger partial charge on any atom is 0.321 e. The second-order valence-electron chi connectivity index (χ2n) is 5.60. The van der Waals surface area contributed by atoms with Gasteiger partial charge in [0.15, 0.2) is 0 Å². The van der Waals surface area contributed by atoms with Crippen molar-refractivity contribution in [3.8, 4) is 5.75 Å². The number of rotatable bonds is 8. The number of carbonyl (C=O) groups excluding carboxylic acids is 1. The summed E-state index contributed by atoms with van der Waals surface area (Å²) in [7, 11) is -2.41. The number of esters is 1. The summed E-state index contributed by atoms with van der Waals surface area (Å²) in [4.78, 5) is 12.0. The number of likely N-dealkylation sites (N-methyl/N-ethyl adjacent to an activating group) is 1. The fourth-order valence-corrected chi connectivity index (χ4v) is 3.37. The van der Waals surface area contributed by atoms with Gasteiger partial charge >= 0.3 is 5.97 Å². The van der Waals surface area contributed by atoms with Crippen molar-refractivity contribution in [3.63, 3.8) is 0 Å². The molecule has 2 rings (SSSR count). The highest BCUT2D eigenvalue weighted by molar-refractivity contribution is 7.89. The molecule has 2 aromatic carbocycles. The zero-order valence-corrected chi connectivity index (χ0v) is 16.1. The Morgan fingerprint density at radius 2 is 1.81 bits per heavy atom. The third-order valence-corrected chi connectivity index (χ3v) is 5.54. The molecule has 0 radical (unpaired) electrons. The summed E-state index contributed by atoms with van der Waals surface area (Å²) < 4.78 is 36.2. The highest BCUT2D eigenvalue weighted by atomic mass is 35.5. The van der Waals surface area contributed by atoms with Crippen LogP contribution in [0.2, 0.25) is 5.02 Å². The van der Waals surface area contributed by atoms with Crippen LogP contribution in [0.4, 0.5) is 0 Å². The molecule has 0 aliphatic carbocycles. The molecule has 0 unspecified atom stereocenters. The topological polar surface area (TPSA) is 72.9 Å². The fourth-order valence-electron chi connectivity index (χ4n) is 2.07. The number of carbonyl (C=O) groups is 1. The van der Waals surface area contributed by atoms with Crippen LogP contribution < -0.4 is 4.74 Å². The van der Waals surface area contributed by atoms with E-state index in [1.165, 1.54) is 19.2 Å². The highest BCUT2D eigenvalue weighted by Crippen LogP contribution is 2.17. The van der Waals surface area contributed by atoms with E-state index in [-0.39, 0.29) is 24.7 Å². The average Bonchev–Trinajstić information content (AvgIpc) is 2.59. The summed E-state index contributed by atoms with van der Waals surface area (Å²) in [5.41, 5.74) is 0.950. The zero-order chi connectivity index (χ0) is 19.2. The van der Waals surface area contributed by atoms with Crippen molar-refractivity contribution >= 4 is 27.6 Å². The lowest BCUT2D eigenvalue weighted by atomic mass is 10.2. The molecule has 0 fully saturated rings. The van der Waals surface area contributed by atoms with Crippen molar-refractivity contribution in [1.82, 2.24) is 4.31 Å². The van der Waals surface area contributed by atoms with Crippen molar-refractivity contribution in [2.45, 2.75) is 11.8 Å². The molecular weight excluding hydrogens is 378 g/mol. The maximum absolute atomic E-state index is 12.4. The lowest BCUT2D eigenvalue weighted by Gasteiger charge is -2.16. The minimum Gasteiger partial charge on any atom is -0.490 e. The second-order valence-corrected chi connectivity index (χ2v) is 8.08. The van der Waals surface area contributed by atoms with Crippen molar-refractivity contribution in [1.29, 1.82) is 0 Å². The summed E-state index contributed by atoms with van der Waals surface area (Å²) in [6.45, 7) is 1.63. The standard InChI is InChI=1S/C18H20ClNO5S/c1-14-6-8-17(9-7-14)26(22,23)20(2)13-18(21)25-11-10-24-16-5-3-4-15(19)12-16/h3-9,12H,10-11,13H2,1-2H3. The van der Waals surface area contributed by atoms with Gasteiger partial charge in [-0.05, 0) is 37.3 Å². The van der Waals surface area contributed by atoms with Gasteiger partial charge < -0.3 is 9.47 Å². The lowest BCUT2D eigenvalue weighted by Crippen LogP contribution is -2.33. The number of ether oxygens (including phenoxy) is 2. The predicted octanol–water partition coefficient (Wildman–Crippen LogP) is 2.89.